The largest absolute Gasteiger partial charge is 0.330 e. The van der Waals surface area contributed by atoms with Gasteiger partial charge in [0.15, 0.2) is 0 Å². The van der Waals surface area contributed by atoms with Gasteiger partial charge in [-0.15, -0.1) is 0 Å². The van der Waals surface area contributed by atoms with Crippen molar-refractivity contribution >= 4 is 0 Å². The summed E-state index contributed by atoms with van der Waals surface area (Å²) >= 11 is 0. The Morgan fingerprint density at radius 1 is 1.27 bits per heavy atom. The van der Waals surface area contributed by atoms with Gasteiger partial charge in [-0.25, -0.2) is 0 Å². The van der Waals surface area contributed by atoms with E-state index in [9.17, 15) is 0 Å². The van der Waals surface area contributed by atoms with Crippen molar-refractivity contribution in [1.29, 1.82) is 0 Å². The summed E-state index contributed by atoms with van der Waals surface area (Å²) in [7, 11) is 0. The molecule has 0 aliphatic heterocycles. The Labute approximate surface area is 70.0 Å². The SMILES string of the molecule is C=C(C)C(C(=C)C)C(C)CN. The van der Waals surface area contributed by atoms with Crippen molar-refractivity contribution in [2.75, 3.05) is 6.54 Å². The number of nitrogens with two attached hydrogens (primary N) is 1. The Hall–Kier alpha value is -0.560. The summed E-state index contributed by atoms with van der Waals surface area (Å²) in [6, 6.07) is 0. The first-order chi connectivity index (χ1) is 5.00. The first-order valence-electron chi connectivity index (χ1n) is 4.01. The van der Waals surface area contributed by atoms with Crippen LogP contribution in [0.2, 0.25) is 0 Å². The molecule has 0 fully saturated rings. The van der Waals surface area contributed by atoms with Gasteiger partial charge in [0.25, 0.3) is 0 Å². The van der Waals surface area contributed by atoms with Crippen LogP contribution < -0.4 is 5.73 Å². The summed E-state index contributed by atoms with van der Waals surface area (Å²) in [5.74, 6) is 0.852. The fourth-order valence-electron chi connectivity index (χ4n) is 1.53. The lowest BCUT2D eigenvalue weighted by Gasteiger charge is -2.23. The Bertz CT molecular complexity index is 144. The zero-order chi connectivity index (χ0) is 9.02. The van der Waals surface area contributed by atoms with Gasteiger partial charge >= 0.3 is 0 Å². The maximum absolute atomic E-state index is 5.57. The van der Waals surface area contributed by atoms with Crippen LogP contribution in [0.5, 0.6) is 0 Å². The standard InChI is InChI=1S/C10H19N/c1-7(2)10(8(3)4)9(5)6-11/h9-10H,1,3,6,11H2,2,4-5H3. The minimum absolute atomic E-state index is 0.389. The van der Waals surface area contributed by atoms with Gasteiger partial charge in [-0.3, -0.25) is 0 Å². The van der Waals surface area contributed by atoms with Crippen LogP contribution in [0.15, 0.2) is 24.3 Å². The van der Waals surface area contributed by atoms with Crippen LogP contribution in [0.3, 0.4) is 0 Å². The van der Waals surface area contributed by atoms with E-state index in [1.807, 2.05) is 13.8 Å². The number of hydrogen-bond donors (Lipinski definition) is 1. The van der Waals surface area contributed by atoms with E-state index < -0.39 is 0 Å². The molecule has 0 aromatic rings. The Morgan fingerprint density at radius 2 is 1.64 bits per heavy atom. The van der Waals surface area contributed by atoms with Crippen molar-refractivity contribution in [2.45, 2.75) is 20.8 Å². The Kier molecular flexibility index (Phi) is 4.12. The van der Waals surface area contributed by atoms with E-state index in [1.54, 1.807) is 0 Å². The lowest BCUT2D eigenvalue weighted by atomic mass is 9.84. The maximum atomic E-state index is 5.57. The normalized spacial score (nSPS) is 13.2. The van der Waals surface area contributed by atoms with Crippen LogP contribution in [0.1, 0.15) is 20.8 Å². The summed E-state index contributed by atoms with van der Waals surface area (Å²) < 4.78 is 0. The highest BCUT2D eigenvalue weighted by Crippen LogP contribution is 2.24. The Morgan fingerprint density at radius 3 is 1.73 bits per heavy atom. The first-order valence-corrected chi connectivity index (χ1v) is 4.01. The monoisotopic (exact) mass is 153 g/mol. The van der Waals surface area contributed by atoms with Crippen LogP contribution >= 0.6 is 0 Å². The lowest BCUT2D eigenvalue weighted by Crippen LogP contribution is -2.21. The summed E-state index contributed by atoms with van der Waals surface area (Å²) in [6.45, 7) is 14.8. The van der Waals surface area contributed by atoms with Crippen LogP contribution in [-0.4, -0.2) is 6.54 Å². The highest BCUT2D eigenvalue weighted by Gasteiger charge is 2.16. The smallest absolute Gasteiger partial charge is 0.00337 e. The highest BCUT2D eigenvalue weighted by molar-refractivity contribution is 5.14. The zero-order valence-electron chi connectivity index (χ0n) is 7.85. The first kappa shape index (κ1) is 10.4. The fourth-order valence-corrected chi connectivity index (χ4v) is 1.53. The molecule has 1 atom stereocenters. The van der Waals surface area contributed by atoms with E-state index in [4.69, 9.17) is 5.73 Å². The minimum Gasteiger partial charge on any atom is -0.330 e. The molecule has 0 saturated heterocycles. The van der Waals surface area contributed by atoms with Crippen molar-refractivity contribution in [3.05, 3.63) is 24.3 Å². The summed E-state index contributed by atoms with van der Waals surface area (Å²) in [6.07, 6.45) is 0. The molecular formula is C10H19N. The second-order valence-electron chi connectivity index (χ2n) is 3.38. The predicted octanol–water partition coefficient (Wildman–Crippen LogP) is 2.35. The zero-order valence-corrected chi connectivity index (χ0v) is 7.85. The van der Waals surface area contributed by atoms with Crippen molar-refractivity contribution in [3.8, 4) is 0 Å². The van der Waals surface area contributed by atoms with E-state index in [-0.39, 0.29) is 0 Å². The molecule has 0 aliphatic rings. The van der Waals surface area contributed by atoms with E-state index >= 15 is 0 Å². The molecule has 0 radical (unpaired) electrons. The fraction of sp³-hybridized carbons (Fsp3) is 0.600. The minimum atomic E-state index is 0.389. The highest BCUT2D eigenvalue weighted by atomic mass is 14.5. The van der Waals surface area contributed by atoms with Crippen molar-refractivity contribution in [1.82, 2.24) is 0 Å². The quantitative estimate of drug-likeness (QED) is 0.616. The van der Waals surface area contributed by atoms with Crippen LogP contribution in [0.25, 0.3) is 0 Å². The summed E-state index contributed by atoms with van der Waals surface area (Å²) in [5, 5.41) is 0. The molecule has 0 spiro atoms. The molecule has 2 N–H and O–H groups in total. The maximum Gasteiger partial charge on any atom is 0.00337 e. The van der Waals surface area contributed by atoms with Crippen LogP contribution in [-0.2, 0) is 0 Å². The number of hydrogen-bond acceptors (Lipinski definition) is 1. The molecule has 1 nitrogen and oxygen atoms in total. The molecule has 0 aromatic carbocycles. The van der Waals surface area contributed by atoms with Gasteiger partial charge in [0.2, 0.25) is 0 Å². The van der Waals surface area contributed by atoms with Gasteiger partial charge in [-0.2, -0.15) is 0 Å². The molecule has 64 valence electrons. The molecule has 11 heavy (non-hydrogen) atoms. The van der Waals surface area contributed by atoms with Gasteiger partial charge in [-0.05, 0) is 26.3 Å². The molecule has 0 saturated carbocycles. The number of rotatable bonds is 4. The summed E-state index contributed by atoms with van der Waals surface area (Å²) in [4.78, 5) is 0. The third-order valence-corrected chi connectivity index (χ3v) is 2.00. The number of allylic oxidation sites excluding steroid dienone is 2. The molecule has 0 rings (SSSR count). The van der Waals surface area contributed by atoms with Gasteiger partial charge in [0, 0.05) is 5.92 Å². The molecule has 0 heterocycles. The molecule has 0 bridgehead atoms. The second kappa shape index (κ2) is 4.35. The lowest BCUT2D eigenvalue weighted by molar-refractivity contribution is 0.472. The van der Waals surface area contributed by atoms with Crippen LogP contribution in [0, 0.1) is 11.8 Å². The van der Waals surface area contributed by atoms with E-state index in [0.717, 1.165) is 11.1 Å². The van der Waals surface area contributed by atoms with Gasteiger partial charge in [-0.1, -0.05) is 31.2 Å². The van der Waals surface area contributed by atoms with Crippen molar-refractivity contribution in [2.24, 2.45) is 17.6 Å². The average Bonchev–Trinajstić information content (AvgIpc) is 1.85. The van der Waals surface area contributed by atoms with Gasteiger partial charge < -0.3 is 5.73 Å². The average molecular weight is 153 g/mol. The molecule has 1 unspecified atom stereocenters. The Balaban J connectivity index is 4.34. The van der Waals surface area contributed by atoms with E-state index in [1.165, 1.54) is 0 Å². The molecule has 0 aromatic heterocycles. The second-order valence-corrected chi connectivity index (χ2v) is 3.38. The third kappa shape index (κ3) is 2.89. The van der Waals surface area contributed by atoms with E-state index in [0.29, 0.717) is 18.4 Å². The summed E-state index contributed by atoms with van der Waals surface area (Å²) in [5.41, 5.74) is 7.89. The van der Waals surface area contributed by atoms with E-state index in [2.05, 4.69) is 20.1 Å². The predicted molar refractivity (Wildman–Crippen MR) is 51.3 cm³/mol. The van der Waals surface area contributed by atoms with Crippen molar-refractivity contribution in [3.63, 3.8) is 0 Å². The van der Waals surface area contributed by atoms with Gasteiger partial charge in [0.1, 0.15) is 0 Å². The molecule has 1 heteroatoms. The third-order valence-electron chi connectivity index (χ3n) is 2.00. The van der Waals surface area contributed by atoms with Crippen molar-refractivity contribution < 1.29 is 0 Å². The van der Waals surface area contributed by atoms with Gasteiger partial charge in [0.05, 0.1) is 0 Å². The van der Waals surface area contributed by atoms with Crippen LogP contribution in [0.4, 0.5) is 0 Å². The molecular weight excluding hydrogens is 134 g/mol. The molecule has 0 amide bonds. The molecule has 0 aliphatic carbocycles. The topological polar surface area (TPSA) is 26.0 Å².